The summed E-state index contributed by atoms with van der Waals surface area (Å²) in [6.07, 6.45) is 3.83. The van der Waals surface area contributed by atoms with E-state index >= 15 is 0 Å². The van der Waals surface area contributed by atoms with Gasteiger partial charge in [0.2, 0.25) is 0 Å². The second-order valence-electron chi connectivity index (χ2n) is 5.04. The lowest BCUT2D eigenvalue weighted by Gasteiger charge is -2.12. The molecule has 0 aliphatic carbocycles. The summed E-state index contributed by atoms with van der Waals surface area (Å²) in [4.78, 5) is 6.56. The molecule has 20 heavy (non-hydrogen) atoms. The maximum absolute atomic E-state index is 6.20. The number of hydrogen-bond acceptors (Lipinski definition) is 3. The molecular weight excluding hydrogens is 272 g/mol. The summed E-state index contributed by atoms with van der Waals surface area (Å²) in [5.41, 5.74) is 1.11. The molecule has 0 saturated carbocycles. The number of halogens is 1. The smallest absolute Gasteiger partial charge is 0.122 e. The topological polar surface area (TPSA) is 33.1 Å². The summed E-state index contributed by atoms with van der Waals surface area (Å²) in [6, 6.07) is 7.92. The molecule has 0 bridgehead atoms. The summed E-state index contributed by atoms with van der Waals surface area (Å²) < 4.78 is 2.13. The van der Waals surface area contributed by atoms with Gasteiger partial charge in [0.15, 0.2) is 0 Å². The zero-order valence-electron chi connectivity index (χ0n) is 12.0. The minimum absolute atomic E-state index is 0.754. The molecule has 4 nitrogen and oxygen atoms in total. The molecule has 2 rings (SSSR count). The van der Waals surface area contributed by atoms with E-state index in [2.05, 4.69) is 33.9 Å². The summed E-state index contributed by atoms with van der Waals surface area (Å²) in [7, 11) is 4.14. The second kappa shape index (κ2) is 7.43. The minimum atomic E-state index is 0.754. The van der Waals surface area contributed by atoms with Crippen LogP contribution in [-0.2, 0) is 13.1 Å². The molecule has 0 aliphatic rings. The predicted octanol–water partition coefficient (Wildman–Crippen LogP) is 2.24. The maximum Gasteiger partial charge on any atom is 0.122 e. The van der Waals surface area contributed by atoms with Gasteiger partial charge in [0.05, 0.1) is 13.1 Å². The van der Waals surface area contributed by atoms with Crippen LogP contribution in [0.25, 0.3) is 0 Å². The first-order valence-electron chi connectivity index (χ1n) is 6.75. The van der Waals surface area contributed by atoms with Crippen LogP contribution in [0.4, 0.5) is 0 Å². The van der Waals surface area contributed by atoms with Crippen molar-refractivity contribution >= 4 is 11.6 Å². The normalized spacial score (nSPS) is 11.2. The average molecular weight is 293 g/mol. The predicted molar refractivity (Wildman–Crippen MR) is 83.0 cm³/mol. The highest BCUT2D eigenvalue weighted by Gasteiger charge is 2.05. The number of nitrogens with one attached hydrogen (secondary N) is 1. The van der Waals surface area contributed by atoms with E-state index in [1.54, 1.807) is 0 Å². The highest BCUT2D eigenvalue weighted by molar-refractivity contribution is 6.31. The average Bonchev–Trinajstić information content (AvgIpc) is 2.85. The molecule has 0 aliphatic heterocycles. The Bertz CT molecular complexity index is 536. The first kappa shape index (κ1) is 15.0. The first-order chi connectivity index (χ1) is 9.66. The molecule has 1 heterocycles. The van der Waals surface area contributed by atoms with Crippen molar-refractivity contribution in [2.24, 2.45) is 0 Å². The number of rotatable bonds is 7. The lowest BCUT2D eigenvalue weighted by atomic mass is 10.2. The van der Waals surface area contributed by atoms with E-state index in [9.17, 15) is 0 Å². The van der Waals surface area contributed by atoms with Crippen LogP contribution in [0.15, 0.2) is 36.7 Å². The summed E-state index contributed by atoms with van der Waals surface area (Å²) in [5, 5.41) is 4.20. The van der Waals surface area contributed by atoms with E-state index in [4.69, 9.17) is 11.6 Å². The molecule has 0 atom stereocenters. The number of hydrogen-bond donors (Lipinski definition) is 1. The minimum Gasteiger partial charge on any atom is -0.329 e. The van der Waals surface area contributed by atoms with Gasteiger partial charge >= 0.3 is 0 Å². The first-order valence-corrected chi connectivity index (χ1v) is 7.13. The van der Waals surface area contributed by atoms with Crippen molar-refractivity contribution in [2.75, 3.05) is 27.2 Å². The van der Waals surface area contributed by atoms with Crippen LogP contribution in [0.1, 0.15) is 11.4 Å². The summed E-state index contributed by atoms with van der Waals surface area (Å²) >= 11 is 6.20. The Balaban J connectivity index is 1.93. The molecule has 1 N–H and O–H groups in total. The number of benzene rings is 1. The van der Waals surface area contributed by atoms with Crippen LogP contribution in [-0.4, -0.2) is 41.6 Å². The third-order valence-electron chi connectivity index (χ3n) is 3.12. The van der Waals surface area contributed by atoms with Crippen molar-refractivity contribution in [2.45, 2.75) is 13.1 Å². The lowest BCUT2D eigenvalue weighted by Crippen LogP contribution is -2.27. The van der Waals surface area contributed by atoms with Gasteiger partial charge in [-0.3, -0.25) is 0 Å². The standard InChI is InChI=1S/C15H21ClN4/c1-19(2)9-7-17-11-15-18-8-10-20(15)12-13-5-3-4-6-14(13)16/h3-6,8,10,17H,7,9,11-12H2,1-2H3. The highest BCUT2D eigenvalue weighted by atomic mass is 35.5. The lowest BCUT2D eigenvalue weighted by molar-refractivity contribution is 0.398. The molecule has 0 unspecified atom stereocenters. The van der Waals surface area contributed by atoms with Crippen LogP contribution in [0.2, 0.25) is 5.02 Å². The van der Waals surface area contributed by atoms with Gasteiger partial charge in [0.1, 0.15) is 5.82 Å². The van der Waals surface area contributed by atoms with Gasteiger partial charge in [0.25, 0.3) is 0 Å². The number of likely N-dealkylation sites (N-methyl/N-ethyl adjacent to an activating group) is 1. The Kier molecular flexibility index (Phi) is 5.59. The monoisotopic (exact) mass is 292 g/mol. The fourth-order valence-corrected chi connectivity index (χ4v) is 2.16. The van der Waals surface area contributed by atoms with Gasteiger partial charge in [-0.1, -0.05) is 29.8 Å². The number of imidazole rings is 1. The molecule has 0 radical (unpaired) electrons. The van der Waals surface area contributed by atoms with Crippen molar-refractivity contribution in [1.82, 2.24) is 19.8 Å². The van der Waals surface area contributed by atoms with Gasteiger partial charge in [-0.15, -0.1) is 0 Å². The third kappa shape index (κ3) is 4.34. The van der Waals surface area contributed by atoms with Crippen LogP contribution in [0, 0.1) is 0 Å². The fourth-order valence-electron chi connectivity index (χ4n) is 1.96. The van der Waals surface area contributed by atoms with E-state index in [1.807, 2.05) is 36.7 Å². The molecule has 0 amide bonds. The molecule has 1 aromatic heterocycles. The Morgan fingerprint density at radius 2 is 2.10 bits per heavy atom. The summed E-state index contributed by atoms with van der Waals surface area (Å²) in [6.45, 7) is 3.49. The third-order valence-corrected chi connectivity index (χ3v) is 3.49. The highest BCUT2D eigenvalue weighted by Crippen LogP contribution is 2.16. The van der Waals surface area contributed by atoms with Crippen LogP contribution < -0.4 is 5.32 Å². The molecule has 5 heteroatoms. The van der Waals surface area contributed by atoms with Crippen molar-refractivity contribution in [3.8, 4) is 0 Å². The van der Waals surface area contributed by atoms with Crippen molar-refractivity contribution < 1.29 is 0 Å². The SMILES string of the molecule is CN(C)CCNCc1nccn1Cc1ccccc1Cl. The Hall–Kier alpha value is -1.36. The van der Waals surface area contributed by atoms with Gasteiger partial charge < -0.3 is 14.8 Å². The van der Waals surface area contributed by atoms with Gasteiger partial charge in [-0.05, 0) is 25.7 Å². The molecule has 2 aromatic rings. The maximum atomic E-state index is 6.20. The van der Waals surface area contributed by atoms with Gasteiger partial charge in [0, 0.05) is 30.5 Å². The van der Waals surface area contributed by atoms with Gasteiger partial charge in [-0.2, -0.15) is 0 Å². The van der Waals surface area contributed by atoms with E-state index in [0.29, 0.717) is 0 Å². The Morgan fingerprint density at radius 1 is 1.30 bits per heavy atom. The Morgan fingerprint density at radius 3 is 2.85 bits per heavy atom. The van der Waals surface area contributed by atoms with E-state index in [-0.39, 0.29) is 0 Å². The van der Waals surface area contributed by atoms with E-state index in [1.165, 1.54) is 0 Å². The van der Waals surface area contributed by atoms with Crippen LogP contribution in [0.5, 0.6) is 0 Å². The molecule has 0 spiro atoms. The summed E-state index contributed by atoms with van der Waals surface area (Å²) in [5.74, 6) is 1.03. The van der Waals surface area contributed by atoms with Crippen molar-refractivity contribution in [3.05, 3.63) is 53.1 Å². The van der Waals surface area contributed by atoms with Crippen molar-refractivity contribution in [3.63, 3.8) is 0 Å². The zero-order valence-corrected chi connectivity index (χ0v) is 12.8. The molecular formula is C15H21ClN4. The van der Waals surface area contributed by atoms with Crippen molar-refractivity contribution in [1.29, 1.82) is 0 Å². The van der Waals surface area contributed by atoms with Crippen LogP contribution in [0.3, 0.4) is 0 Å². The van der Waals surface area contributed by atoms with Gasteiger partial charge in [-0.25, -0.2) is 4.98 Å². The fraction of sp³-hybridized carbons (Fsp3) is 0.400. The van der Waals surface area contributed by atoms with E-state index in [0.717, 1.165) is 42.6 Å². The molecule has 0 fully saturated rings. The Labute approximate surface area is 125 Å². The quantitative estimate of drug-likeness (QED) is 0.795. The van der Waals surface area contributed by atoms with Crippen LogP contribution >= 0.6 is 11.6 Å². The number of nitrogens with zero attached hydrogens (tertiary/aromatic N) is 3. The zero-order chi connectivity index (χ0) is 14.4. The molecule has 108 valence electrons. The molecule has 0 saturated heterocycles. The van der Waals surface area contributed by atoms with E-state index < -0.39 is 0 Å². The second-order valence-corrected chi connectivity index (χ2v) is 5.45. The number of aromatic nitrogens is 2. The largest absolute Gasteiger partial charge is 0.329 e. The molecule has 1 aromatic carbocycles.